The lowest BCUT2D eigenvalue weighted by Gasteiger charge is -2.17. The molecule has 2 aromatic carbocycles. The minimum atomic E-state index is 0.502. The highest BCUT2D eigenvalue weighted by Gasteiger charge is 2.07. The van der Waals surface area contributed by atoms with Crippen LogP contribution in [0.2, 0.25) is 10.0 Å². The van der Waals surface area contributed by atoms with Crippen LogP contribution in [0.25, 0.3) is 0 Å². The van der Waals surface area contributed by atoms with Crippen molar-refractivity contribution in [2.24, 2.45) is 11.6 Å². The Labute approximate surface area is 150 Å². The zero-order valence-electron chi connectivity index (χ0n) is 12.6. The van der Waals surface area contributed by atoms with Crippen LogP contribution in [0.3, 0.4) is 0 Å². The van der Waals surface area contributed by atoms with E-state index < -0.39 is 0 Å². The van der Waals surface area contributed by atoms with Crippen molar-refractivity contribution in [1.29, 1.82) is 0 Å². The standard InChI is InChI=1S/C16H18Cl2N4S/c1-11-2-5-14(9-15(11)18)23-21-16-8-13(17)4-3-12(16)10-22(20)7-6-19/h2-9,21H,10,19-20H2,1H3/b7-6-. The van der Waals surface area contributed by atoms with E-state index in [9.17, 15) is 0 Å². The number of halogens is 2. The molecule has 0 bridgehead atoms. The molecule has 5 N–H and O–H groups in total. The highest BCUT2D eigenvalue weighted by atomic mass is 35.5. The SMILES string of the molecule is Cc1ccc(SNc2cc(Cl)ccc2CN(N)/C=C\N)cc1Cl. The number of nitrogens with two attached hydrogens (primary N) is 2. The molecule has 0 amide bonds. The minimum Gasteiger partial charge on any atom is -0.403 e. The molecular formula is C16H18Cl2N4S. The average molecular weight is 369 g/mol. The molecule has 0 aliphatic heterocycles. The van der Waals surface area contributed by atoms with Gasteiger partial charge in [0.15, 0.2) is 0 Å². The van der Waals surface area contributed by atoms with E-state index in [1.54, 1.807) is 6.20 Å². The van der Waals surface area contributed by atoms with Gasteiger partial charge in [0.1, 0.15) is 0 Å². The van der Waals surface area contributed by atoms with Gasteiger partial charge >= 0.3 is 0 Å². The van der Waals surface area contributed by atoms with Gasteiger partial charge in [-0.2, -0.15) is 0 Å². The Morgan fingerprint density at radius 3 is 2.70 bits per heavy atom. The third-order valence-electron chi connectivity index (χ3n) is 3.12. The van der Waals surface area contributed by atoms with Crippen LogP contribution >= 0.6 is 35.1 Å². The Bertz CT molecular complexity index is 706. The molecule has 23 heavy (non-hydrogen) atoms. The summed E-state index contributed by atoms with van der Waals surface area (Å²) in [5, 5.41) is 2.89. The molecule has 0 saturated carbocycles. The first-order valence-corrected chi connectivity index (χ1v) is 8.44. The zero-order chi connectivity index (χ0) is 16.8. The number of hydrogen-bond acceptors (Lipinski definition) is 5. The Morgan fingerprint density at radius 2 is 2.00 bits per heavy atom. The first-order valence-electron chi connectivity index (χ1n) is 6.87. The van der Waals surface area contributed by atoms with Gasteiger partial charge in [0.05, 0.1) is 12.2 Å². The predicted octanol–water partition coefficient (Wildman–Crippen LogP) is 4.53. The molecule has 0 unspecified atom stereocenters. The highest BCUT2D eigenvalue weighted by molar-refractivity contribution is 8.00. The van der Waals surface area contributed by atoms with Crippen LogP contribution < -0.4 is 16.3 Å². The Balaban J connectivity index is 2.14. The molecule has 0 heterocycles. The largest absolute Gasteiger partial charge is 0.403 e. The number of rotatable bonds is 6. The molecule has 0 aromatic heterocycles. The van der Waals surface area contributed by atoms with E-state index in [1.165, 1.54) is 23.2 Å². The van der Waals surface area contributed by atoms with E-state index in [-0.39, 0.29) is 0 Å². The van der Waals surface area contributed by atoms with Gasteiger partial charge in [-0.05, 0) is 54.3 Å². The van der Waals surface area contributed by atoms with Crippen LogP contribution in [0.15, 0.2) is 53.7 Å². The van der Waals surface area contributed by atoms with E-state index in [4.69, 9.17) is 34.8 Å². The van der Waals surface area contributed by atoms with Crippen molar-refractivity contribution in [3.63, 3.8) is 0 Å². The van der Waals surface area contributed by atoms with Crippen molar-refractivity contribution in [2.45, 2.75) is 18.4 Å². The lowest BCUT2D eigenvalue weighted by Crippen LogP contribution is -2.24. The predicted molar refractivity (Wildman–Crippen MR) is 100 cm³/mol. The van der Waals surface area contributed by atoms with Crippen LogP contribution in [0.4, 0.5) is 5.69 Å². The molecule has 0 saturated heterocycles. The van der Waals surface area contributed by atoms with Crippen LogP contribution in [0.1, 0.15) is 11.1 Å². The van der Waals surface area contributed by atoms with Gasteiger partial charge in [0.2, 0.25) is 0 Å². The fourth-order valence-corrected chi connectivity index (χ4v) is 3.04. The third kappa shape index (κ3) is 5.25. The summed E-state index contributed by atoms with van der Waals surface area (Å²) in [7, 11) is 0. The Morgan fingerprint density at radius 1 is 1.22 bits per heavy atom. The van der Waals surface area contributed by atoms with Crippen molar-refractivity contribution >= 4 is 40.8 Å². The van der Waals surface area contributed by atoms with Gasteiger partial charge in [-0.15, -0.1) is 0 Å². The van der Waals surface area contributed by atoms with Crippen LogP contribution in [0.5, 0.6) is 0 Å². The van der Waals surface area contributed by atoms with E-state index in [1.807, 2.05) is 43.3 Å². The summed E-state index contributed by atoms with van der Waals surface area (Å²) < 4.78 is 3.30. The zero-order valence-corrected chi connectivity index (χ0v) is 14.9. The number of aryl methyl sites for hydroxylation is 1. The number of hydrazine groups is 1. The molecule has 0 aliphatic carbocycles. The van der Waals surface area contributed by atoms with Gasteiger partial charge in [0.25, 0.3) is 0 Å². The maximum atomic E-state index is 6.15. The molecule has 0 atom stereocenters. The Hall–Kier alpha value is -1.53. The molecule has 0 fully saturated rings. The van der Waals surface area contributed by atoms with Crippen molar-refractivity contribution in [1.82, 2.24) is 5.01 Å². The van der Waals surface area contributed by atoms with Gasteiger partial charge in [-0.25, -0.2) is 5.84 Å². The molecule has 0 radical (unpaired) electrons. The smallest absolute Gasteiger partial charge is 0.0606 e. The first-order chi connectivity index (χ1) is 11.0. The number of benzene rings is 2. The van der Waals surface area contributed by atoms with Crippen LogP contribution in [0, 0.1) is 6.92 Å². The van der Waals surface area contributed by atoms with E-state index in [2.05, 4.69) is 4.72 Å². The second kappa shape index (κ2) is 8.36. The van der Waals surface area contributed by atoms with E-state index >= 15 is 0 Å². The second-order valence-electron chi connectivity index (χ2n) is 4.93. The summed E-state index contributed by atoms with van der Waals surface area (Å²) >= 11 is 13.7. The summed E-state index contributed by atoms with van der Waals surface area (Å²) in [6.07, 6.45) is 3.00. The number of nitrogens with zero attached hydrogens (tertiary/aromatic N) is 1. The Kier molecular flexibility index (Phi) is 6.47. The summed E-state index contributed by atoms with van der Waals surface area (Å²) in [4.78, 5) is 1.01. The second-order valence-corrected chi connectivity index (χ2v) is 6.65. The van der Waals surface area contributed by atoms with Crippen molar-refractivity contribution in [2.75, 3.05) is 4.72 Å². The van der Waals surface area contributed by atoms with Crippen LogP contribution in [-0.4, -0.2) is 5.01 Å². The first kappa shape index (κ1) is 17.8. The molecule has 4 nitrogen and oxygen atoms in total. The summed E-state index contributed by atoms with van der Waals surface area (Å²) in [6, 6.07) is 11.5. The minimum absolute atomic E-state index is 0.502. The van der Waals surface area contributed by atoms with E-state index in [0.717, 1.165) is 26.7 Å². The van der Waals surface area contributed by atoms with Gasteiger partial charge in [0, 0.05) is 27.3 Å². The topological polar surface area (TPSA) is 67.3 Å². The van der Waals surface area contributed by atoms with Crippen molar-refractivity contribution in [3.05, 3.63) is 70.0 Å². The fourth-order valence-electron chi connectivity index (χ4n) is 1.89. The molecule has 7 heteroatoms. The maximum absolute atomic E-state index is 6.15. The maximum Gasteiger partial charge on any atom is 0.0606 e. The molecular weight excluding hydrogens is 351 g/mol. The summed E-state index contributed by atoms with van der Waals surface area (Å²) in [6.45, 7) is 2.47. The summed E-state index contributed by atoms with van der Waals surface area (Å²) in [5.41, 5.74) is 8.29. The summed E-state index contributed by atoms with van der Waals surface area (Å²) in [5.74, 6) is 5.85. The number of anilines is 1. The van der Waals surface area contributed by atoms with Crippen LogP contribution in [-0.2, 0) is 6.54 Å². The fraction of sp³-hybridized carbons (Fsp3) is 0.125. The third-order valence-corrected chi connectivity index (χ3v) is 4.58. The van der Waals surface area contributed by atoms with Gasteiger partial charge in [-0.1, -0.05) is 35.3 Å². The van der Waals surface area contributed by atoms with Gasteiger partial charge in [-0.3, -0.25) is 0 Å². The molecule has 0 aliphatic rings. The normalized spacial score (nSPS) is 11.0. The highest BCUT2D eigenvalue weighted by Crippen LogP contribution is 2.29. The number of nitrogens with one attached hydrogen (secondary N) is 1. The lowest BCUT2D eigenvalue weighted by molar-refractivity contribution is 0.387. The number of hydrogen-bond donors (Lipinski definition) is 3. The van der Waals surface area contributed by atoms with Crippen molar-refractivity contribution in [3.8, 4) is 0 Å². The molecule has 2 rings (SSSR count). The molecule has 0 spiro atoms. The lowest BCUT2D eigenvalue weighted by atomic mass is 10.2. The average Bonchev–Trinajstić information content (AvgIpc) is 2.51. The quantitative estimate of drug-likeness (QED) is 0.397. The molecule has 122 valence electrons. The van der Waals surface area contributed by atoms with Gasteiger partial charge < -0.3 is 15.5 Å². The van der Waals surface area contributed by atoms with Crippen molar-refractivity contribution < 1.29 is 0 Å². The monoisotopic (exact) mass is 368 g/mol. The molecule has 2 aromatic rings. The van der Waals surface area contributed by atoms with E-state index in [0.29, 0.717) is 11.6 Å².